The van der Waals surface area contributed by atoms with Crippen molar-refractivity contribution in [3.8, 4) is 0 Å². The maximum absolute atomic E-state index is 11.0. The van der Waals surface area contributed by atoms with Crippen molar-refractivity contribution < 1.29 is 4.79 Å². The van der Waals surface area contributed by atoms with Gasteiger partial charge in [0.05, 0.1) is 0 Å². The van der Waals surface area contributed by atoms with Crippen molar-refractivity contribution in [3.05, 3.63) is 42.4 Å². The summed E-state index contributed by atoms with van der Waals surface area (Å²) in [5.41, 5.74) is 2.60. The summed E-state index contributed by atoms with van der Waals surface area (Å²) >= 11 is 0. The molecule has 112 valence electrons. The van der Waals surface area contributed by atoms with Crippen LogP contribution in [0.4, 0.5) is 17.2 Å². The molecule has 0 unspecified atom stereocenters. The van der Waals surface area contributed by atoms with Gasteiger partial charge in [0.25, 0.3) is 0 Å². The number of hydrogen-bond donors (Lipinski definition) is 2. The largest absolute Gasteiger partial charge is 0.340 e. The van der Waals surface area contributed by atoms with E-state index in [1.807, 2.05) is 51.1 Å². The molecule has 0 saturated carbocycles. The Labute approximate surface area is 125 Å². The van der Waals surface area contributed by atoms with Gasteiger partial charge < -0.3 is 10.6 Å². The van der Waals surface area contributed by atoms with Crippen LogP contribution in [-0.4, -0.2) is 15.9 Å². The van der Waals surface area contributed by atoms with Gasteiger partial charge in [-0.3, -0.25) is 4.79 Å². The van der Waals surface area contributed by atoms with Crippen molar-refractivity contribution in [2.24, 2.45) is 0 Å². The van der Waals surface area contributed by atoms with E-state index in [0.29, 0.717) is 0 Å². The Balaban J connectivity index is 0.00000106. The summed E-state index contributed by atoms with van der Waals surface area (Å²) < 4.78 is 0. The van der Waals surface area contributed by atoms with Crippen LogP contribution >= 0.6 is 0 Å². The fourth-order valence-corrected chi connectivity index (χ4v) is 1.69. The minimum atomic E-state index is -0.0903. The molecule has 1 amide bonds. The summed E-state index contributed by atoms with van der Waals surface area (Å²) in [4.78, 5) is 19.3. The molecule has 1 aromatic carbocycles. The molecule has 2 aromatic rings. The van der Waals surface area contributed by atoms with Crippen molar-refractivity contribution in [2.45, 2.75) is 34.1 Å². The summed E-state index contributed by atoms with van der Waals surface area (Å²) in [5, 5.41) is 5.93. The van der Waals surface area contributed by atoms with Crippen LogP contribution in [0.1, 0.15) is 33.4 Å². The third kappa shape index (κ3) is 5.60. The first kappa shape index (κ1) is 16.6. The zero-order valence-electron chi connectivity index (χ0n) is 13.0. The van der Waals surface area contributed by atoms with E-state index in [0.717, 1.165) is 29.3 Å². The van der Waals surface area contributed by atoms with Crippen LogP contribution in [0.15, 0.2) is 36.7 Å². The number of aryl methyl sites for hydroxylation is 1. The van der Waals surface area contributed by atoms with Gasteiger partial charge in [0.2, 0.25) is 5.91 Å². The molecule has 1 aromatic heterocycles. The third-order valence-electron chi connectivity index (χ3n) is 2.54. The van der Waals surface area contributed by atoms with E-state index >= 15 is 0 Å². The molecule has 0 bridgehead atoms. The quantitative estimate of drug-likeness (QED) is 0.898. The lowest BCUT2D eigenvalue weighted by atomic mass is 10.2. The van der Waals surface area contributed by atoms with Crippen LogP contribution in [-0.2, 0) is 11.2 Å². The summed E-state index contributed by atoms with van der Waals surface area (Å²) in [5.74, 6) is 0.652. The van der Waals surface area contributed by atoms with Crippen LogP contribution in [0.5, 0.6) is 0 Å². The fraction of sp³-hybridized carbons (Fsp3) is 0.312. The molecule has 0 aliphatic rings. The molecule has 0 radical (unpaired) electrons. The molecule has 0 aliphatic heterocycles. The highest BCUT2D eigenvalue weighted by molar-refractivity contribution is 5.89. The lowest BCUT2D eigenvalue weighted by molar-refractivity contribution is -0.114. The van der Waals surface area contributed by atoms with E-state index in [1.165, 1.54) is 6.92 Å². The van der Waals surface area contributed by atoms with Gasteiger partial charge >= 0.3 is 0 Å². The van der Waals surface area contributed by atoms with E-state index in [2.05, 4.69) is 20.6 Å². The maximum atomic E-state index is 11.0. The predicted molar refractivity (Wildman–Crippen MR) is 86.8 cm³/mol. The molecule has 2 N–H and O–H groups in total. The summed E-state index contributed by atoms with van der Waals surface area (Å²) in [7, 11) is 0. The second kappa shape index (κ2) is 8.68. The molecule has 0 aliphatic carbocycles. The zero-order valence-corrected chi connectivity index (χ0v) is 13.0. The number of benzene rings is 1. The SMILES string of the molecule is CC.CCc1cc(Nc2cccc(NC(C)=O)c2)ncn1. The van der Waals surface area contributed by atoms with Gasteiger partial charge in [-0.25, -0.2) is 9.97 Å². The number of aromatic nitrogens is 2. The number of nitrogens with one attached hydrogen (secondary N) is 2. The van der Waals surface area contributed by atoms with Gasteiger partial charge in [-0.15, -0.1) is 0 Å². The first-order valence-corrected chi connectivity index (χ1v) is 7.13. The van der Waals surface area contributed by atoms with E-state index < -0.39 is 0 Å². The van der Waals surface area contributed by atoms with E-state index in [-0.39, 0.29) is 5.91 Å². The maximum Gasteiger partial charge on any atom is 0.221 e. The average Bonchev–Trinajstić information content (AvgIpc) is 2.49. The number of amides is 1. The first-order chi connectivity index (χ1) is 10.2. The molecular weight excluding hydrogens is 264 g/mol. The average molecular weight is 286 g/mol. The highest BCUT2D eigenvalue weighted by Gasteiger charge is 2.00. The number of rotatable bonds is 4. The van der Waals surface area contributed by atoms with E-state index in [1.54, 1.807) is 6.33 Å². The van der Waals surface area contributed by atoms with E-state index in [4.69, 9.17) is 0 Å². The lowest BCUT2D eigenvalue weighted by Gasteiger charge is -2.08. The number of carbonyl (C=O) groups is 1. The van der Waals surface area contributed by atoms with Gasteiger partial charge in [0.1, 0.15) is 12.1 Å². The van der Waals surface area contributed by atoms with Crippen LogP contribution in [0.25, 0.3) is 0 Å². The Kier molecular flexibility index (Phi) is 6.87. The Morgan fingerprint density at radius 3 is 2.52 bits per heavy atom. The second-order valence-electron chi connectivity index (χ2n) is 4.14. The highest BCUT2D eigenvalue weighted by Crippen LogP contribution is 2.19. The Morgan fingerprint density at radius 2 is 1.86 bits per heavy atom. The van der Waals surface area contributed by atoms with Crippen LogP contribution in [0.2, 0.25) is 0 Å². The molecule has 5 nitrogen and oxygen atoms in total. The Morgan fingerprint density at radius 1 is 1.14 bits per heavy atom. The van der Waals surface area contributed by atoms with E-state index in [9.17, 15) is 4.79 Å². The Bertz CT molecular complexity index is 584. The monoisotopic (exact) mass is 286 g/mol. The van der Waals surface area contributed by atoms with Gasteiger partial charge in [-0.1, -0.05) is 26.8 Å². The van der Waals surface area contributed by atoms with Crippen molar-refractivity contribution in [3.63, 3.8) is 0 Å². The standard InChI is InChI=1S/C14H16N4O.C2H6/c1-3-11-8-14(16-9-15-11)18-13-6-4-5-12(7-13)17-10(2)19;1-2/h4-9H,3H2,1-2H3,(H,17,19)(H,15,16,18);1-2H3. The van der Waals surface area contributed by atoms with Gasteiger partial charge in [-0.05, 0) is 24.6 Å². The highest BCUT2D eigenvalue weighted by atomic mass is 16.1. The number of anilines is 3. The lowest BCUT2D eigenvalue weighted by Crippen LogP contribution is -2.05. The summed E-state index contributed by atoms with van der Waals surface area (Å²) in [6.07, 6.45) is 2.40. The van der Waals surface area contributed by atoms with Crippen LogP contribution in [0.3, 0.4) is 0 Å². The third-order valence-corrected chi connectivity index (χ3v) is 2.54. The molecule has 1 heterocycles. The molecular formula is C16H22N4O. The normalized spacial score (nSPS) is 9.33. The summed E-state index contributed by atoms with van der Waals surface area (Å²) in [6, 6.07) is 9.39. The molecule has 0 spiro atoms. The minimum absolute atomic E-state index is 0.0903. The number of hydrogen-bond acceptors (Lipinski definition) is 4. The van der Waals surface area contributed by atoms with Crippen molar-refractivity contribution in [1.82, 2.24) is 9.97 Å². The number of nitrogens with zero attached hydrogens (tertiary/aromatic N) is 2. The summed E-state index contributed by atoms with van der Waals surface area (Å²) in [6.45, 7) is 7.53. The number of carbonyl (C=O) groups excluding carboxylic acids is 1. The van der Waals surface area contributed by atoms with Gasteiger partial charge in [-0.2, -0.15) is 0 Å². The van der Waals surface area contributed by atoms with Crippen molar-refractivity contribution in [1.29, 1.82) is 0 Å². The van der Waals surface area contributed by atoms with Crippen molar-refractivity contribution >= 4 is 23.1 Å². The molecule has 0 fully saturated rings. The minimum Gasteiger partial charge on any atom is -0.340 e. The first-order valence-electron chi connectivity index (χ1n) is 7.13. The topological polar surface area (TPSA) is 66.9 Å². The predicted octanol–water partition coefficient (Wildman–Crippen LogP) is 3.77. The fourth-order valence-electron chi connectivity index (χ4n) is 1.69. The van der Waals surface area contributed by atoms with Gasteiger partial charge in [0, 0.05) is 30.1 Å². The van der Waals surface area contributed by atoms with Crippen molar-refractivity contribution in [2.75, 3.05) is 10.6 Å². The van der Waals surface area contributed by atoms with Crippen LogP contribution < -0.4 is 10.6 Å². The van der Waals surface area contributed by atoms with Crippen LogP contribution in [0, 0.1) is 0 Å². The smallest absolute Gasteiger partial charge is 0.221 e. The molecule has 0 atom stereocenters. The Hall–Kier alpha value is -2.43. The van der Waals surface area contributed by atoms with Gasteiger partial charge in [0.15, 0.2) is 0 Å². The molecule has 21 heavy (non-hydrogen) atoms. The molecule has 5 heteroatoms. The second-order valence-corrected chi connectivity index (χ2v) is 4.14. The molecule has 2 rings (SSSR count). The molecule has 0 saturated heterocycles. The zero-order chi connectivity index (χ0) is 15.7.